The van der Waals surface area contributed by atoms with Gasteiger partial charge in [0.2, 0.25) is 5.91 Å². The van der Waals surface area contributed by atoms with Crippen LogP contribution in [0.3, 0.4) is 0 Å². The summed E-state index contributed by atoms with van der Waals surface area (Å²) in [5.41, 5.74) is 0.0234. The van der Waals surface area contributed by atoms with Gasteiger partial charge in [0.25, 0.3) is 0 Å². The Hall–Kier alpha value is -2.95. The van der Waals surface area contributed by atoms with Gasteiger partial charge in [0.1, 0.15) is 0 Å². The van der Waals surface area contributed by atoms with E-state index in [9.17, 15) is 29.3 Å². The van der Waals surface area contributed by atoms with Crippen LogP contribution in [0.2, 0.25) is 6.32 Å². The number of aryl methyl sites for hydroxylation is 1. The van der Waals surface area contributed by atoms with Crippen LogP contribution in [-0.4, -0.2) is 90.8 Å². The van der Waals surface area contributed by atoms with Crippen LogP contribution < -0.4 is 10.1 Å². The zero-order valence-corrected chi connectivity index (χ0v) is 18.2. The topological polar surface area (TPSA) is 136 Å². The molecule has 32 heavy (non-hydrogen) atoms. The summed E-state index contributed by atoms with van der Waals surface area (Å²) in [6, 6.07) is 2.76. The van der Waals surface area contributed by atoms with Crippen molar-refractivity contribution in [3.63, 3.8) is 0 Å². The fourth-order valence-corrected chi connectivity index (χ4v) is 4.07. The Morgan fingerprint density at radius 1 is 1.28 bits per heavy atom. The maximum absolute atomic E-state index is 12.5. The molecular weight excluding hydrogens is 417 g/mol. The second kappa shape index (κ2) is 10.1. The van der Waals surface area contributed by atoms with E-state index in [0.29, 0.717) is 45.2 Å². The zero-order chi connectivity index (χ0) is 23.4. The predicted molar refractivity (Wildman–Crippen MR) is 114 cm³/mol. The van der Waals surface area contributed by atoms with Crippen molar-refractivity contribution in [2.75, 3.05) is 33.7 Å². The fraction of sp³-hybridized carbons (Fsp3) is 0.571. The van der Waals surface area contributed by atoms with E-state index in [1.54, 1.807) is 25.1 Å². The molecule has 1 aromatic carbocycles. The van der Waals surface area contributed by atoms with E-state index in [-0.39, 0.29) is 53.9 Å². The van der Waals surface area contributed by atoms with E-state index in [4.69, 9.17) is 4.74 Å². The summed E-state index contributed by atoms with van der Waals surface area (Å²) in [7, 11) is 4.11. The van der Waals surface area contributed by atoms with Crippen molar-refractivity contribution < 1.29 is 34.0 Å². The van der Waals surface area contributed by atoms with E-state index >= 15 is 0 Å². The number of phenols is 1. The molecule has 2 amide bonds. The van der Waals surface area contributed by atoms with Crippen LogP contribution in [0.5, 0.6) is 11.5 Å². The Labute approximate surface area is 186 Å². The largest absolute Gasteiger partial charge is 0.306 e. The minimum absolute atomic E-state index is 0.00651. The average molecular weight is 445 g/mol. The molecule has 0 radical (unpaired) electrons. The Morgan fingerprint density at radius 2 is 2.00 bits per heavy atom. The molecule has 0 aliphatic carbocycles. The van der Waals surface area contributed by atoms with Gasteiger partial charge in [0, 0.05) is 14.1 Å². The van der Waals surface area contributed by atoms with Gasteiger partial charge in [-0.3, -0.25) is 4.79 Å². The maximum atomic E-state index is 12.5. The molecule has 0 aromatic heterocycles. The fourth-order valence-electron chi connectivity index (χ4n) is 4.07. The number of amides is 2. The predicted octanol–water partition coefficient (Wildman–Crippen LogP) is 0.147. The molecule has 0 unspecified atom stereocenters. The standard InChI is InChI=1S/C21H28BN3O7/c1-24(2)20(28)15-7-12(9-23-15)8-17(26)25-10-14(11-25)32-16-4-3-13(5-6-22-31)19(27)18(16)21(29)30/h3-4,12,14-15,23,27H,5-11H2,1-2H3,(H,29,30)/t12-,15+/m0/s1. The van der Waals surface area contributed by atoms with Crippen LogP contribution in [0, 0.1) is 5.92 Å². The number of nitrogens with one attached hydrogen (secondary N) is 1. The number of nitrogens with zero attached hydrogens (tertiary/aromatic N) is 2. The molecule has 2 aliphatic rings. The number of benzene rings is 1. The van der Waals surface area contributed by atoms with Gasteiger partial charge in [0.15, 0.2) is 0 Å². The number of carbonyl (C=O) groups is 3. The second-order valence-electron chi connectivity index (χ2n) is 8.49. The monoisotopic (exact) mass is 445 g/mol. The number of likely N-dealkylation sites (N-methyl/N-ethyl adjacent to an activating group) is 1. The van der Waals surface area contributed by atoms with E-state index in [1.807, 2.05) is 0 Å². The molecule has 2 atom stereocenters. The number of carboxylic acids is 1. The van der Waals surface area contributed by atoms with Gasteiger partial charge in [-0.25, -0.2) is 0 Å². The summed E-state index contributed by atoms with van der Waals surface area (Å²) in [6.07, 6.45) is 0.991. The van der Waals surface area contributed by atoms with Gasteiger partial charge >= 0.3 is 126 Å². The van der Waals surface area contributed by atoms with Crippen molar-refractivity contribution in [3.8, 4) is 11.5 Å². The van der Waals surface area contributed by atoms with Crippen molar-refractivity contribution in [2.24, 2.45) is 5.92 Å². The molecule has 0 saturated carbocycles. The number of aromatic carboxylic acids is 1. The van der Waals surface area contributed by atoms with Crippen LogP contribution in [0.15, 0.2) is 12.1 Å². The molecule has 2 aliphatic heterocycles. The number of likely N-dealkylation sites (tertiary alicyclic amines) is 1. The smallest absolute Gasteiger partial charge is 0.000737 e. The Bertz CT molecular complexity index is 902. The molecule has 172 valence electrons. The van der Waals surface area contributed by atoms with Gasteiger partial charge in [-0.15, -0.1) is 0 Å². The summed E-state index contributed by atoms with van der Waals surface area (Å²) in [5, 5.41) is 22.9. The number of aromatic hydroxyl groups is 1. The Balaban J connectivity index is 1.52. The molecule has 0 bridgehead atoms. The Morgan fingerprint density at radius 3 is 2.62 bits per heavy atom. The molecule has 2 heterocycles. The minimum atomic E-state index is -1.33. The average Bonchev–Trinajstić information content (AvgIpc) is 3.16. The van der Waals surface area contributed by atoms with Crippen molar-refractivity contribution in [2.45, 2.75) is 37.7 Å². The van der Waals surface area contributed by atoms with Gasteiger partial charge in [-0.2, -0.15) is 0 Å². The van der Waals surface area contributed by atoms with E-state index in [1.165, 1.54) is 11.0 Å². The summed E-state index contributed by atoms with van der Waals surface area (Å²) < 4.78 is 16.3. The van der Waals surface area contributed by atoms with Crippen LogP contribution in [0.1, 0.15) is 28.8 Å². The number of carbonyl (C=O) groups excluding carboxylic acids is 2. The van der Waals surface area contributed by atoms with Crippen molar-refractivity contribution >= 4 is 24.9 Å². The zero-order valence-electron chi connectivity index (χ0n) is 18.2. The van der Waals surface area contributed by atoms with Crippen LogP contribution in [-0.2, 0) is 20.7 Å². The first-order chi connectivity index (χ1) is 15.2. The molecule has 10 nitrogen and oxygen atoms in total. The number of rotatable bonds is 9. The SMILES string of the molecule is CN(C)C(=O)[C@H]1C[C@@H](CC(=O)N2CC(Oc3ccc(CCB=O)c(O)c3C(=O)O)C2)CN1. The molecule has 1 aromatic rings. The van der Waals surface area contributed by atoms with Crippen molar-refractivity contribution in [1.82, 2.24) is 15.1 Å². The van der Waals surface area contributed by atoms with Crippen molar-refractivity contribution in [3.05, 3.63) is 23.3 Å². The van der Waals surface area contributed by atoms with Crippen LogP contribution in [0.4, 0.5) is 0 Å². The number of carboxylic acid groups (broad SMARTS) is 1. The molecule has 0 spiro atoms. The summed E-state index contributed by atoms with van der Waals surface area (Å²) in [6.45, 7) is 1.26. The Kier molecular flexibility index (Phi) is 7.50. The van der Waals surface area contributed by atoms with E-state index in [2.05, 4.69) is 5.32 Å². The summed E-state index contributed by atoms with van der Waals surface area (Å²) in [5.74, 6) is -1.63. The molecule has 3 rings (SSSR count). The van der Waals surface area contributed by atoms with Gasteiger partial charge < -0.3 is 10.2 Å². The van der Waals surface area contributed by atoms with E-state index in [0.717, 1.165) is 0 Å². The molecule has 3 N–H and O–H groups in total. The third kappa shape index (κ3) is 5.27. The second-order valence-corrected chi connectivity index (χ2v) is 8.49. The molecular formula is C21H28BN3O7. The molecule has 11 heteroatoms. The minimum Gasteiger partial charge on any atom is -0.306 e. The number of hydrogen-bond acceptors (Lipinski definition) is 7. The molecule has 2 fully saturated rings. The summed E-state index contributed by atoms with van der Waals surface area (Å²) >= 11 is 0. The summed E-state index contributed by atoms with van der Waals surface area (Å²) in [4.78, 5) is 39.4. The van der Waals surface area contributed by atoms with Gasteiger partial charge in [-0.1, -0.05) is 0 Å². The van der Waals surface area contributed by atoms with Gasteiger partial charge in [0.05, 0.1) is 6.04 Å². The first-order valence-corrected chi connectivity index (χ1v) is 10.6. The van der Waals surface area contributed by atoms with Crippen LogP contribution in [0.25, 0.3) is 0 Å². The van der Waals surface area contributed by atoms with E-state index < -0.39 is 11.7 Å². The first-order valence-electron chi connectivity index (χ1n) is 10.6. The maximum Gasteiger partial charge on any atom is -0.000737 e. The van der Waals surface area contributed by atoms with Crippen LogP contribution >= 0.6 is 0 Å². The van der Waals surface area contributed by atoms with Gasteiger partial charge in [-0.05, 0) is 18.9 Å². The number of ether oxygens (including phenoxy) is 1. The third-order valence-electron chi connectivity index (χ3n) is 5.89. The molecule has 2 saturated heterocycles. The quantitative estimate of drug-likeness (QED) is 0.457. The first kappa shape index (κ1) is 23.7. The normalized spacial score (nSPS) is 20.4. The number of hydrogen-bond donors (Lipinski definition) is 3. The third-order valence-corrected chi connectivity index (χ3v) is 5.89. The van der Waals surface area contributed by atoms with Crippen molar-refractivity contribution in [1.29, 1.82) is 0 Å².